The Kier molecular flexibility index (Phi) is 4.95. The summed E-state index contributed by atoms with van der Waals surface area (Å²) in [5.41, 5.74) is 3.22. The zero-order valence-electron chi connectivity index (χ0n) is 12.3. The zero-order valence-corrected chi connectivity index (χ0v) is 12.3. The number of piperidine rings is 1. The zero-order chi connectivity index (χ0) is 17.3. The number of hydrogen-bond donors (Lipinski definition) is 2. The molecule has 1 heterocycles. The molecule has 1 aromatic carbocycles. The topological polar surface area (TPSA) is 66.6 Å². The molecule has 1 aliphatic rings. The summed E-state index contributed by atoms with van der Waals surface area (Å²) in [6.07, 6.45) is -4.35. The summed E-state index contributed by atoms with van der Waals surface area (Å²) in [6.45, 7) is -0.758. The number of benzene rings is 1. The Morgan fingerprint density at radius 1 is 1.35 bits per heavy atom. The van der Waals surface area contributed by atoms with E-state index in [1.807, 2.05) is 0 Å². The van der Waals surface area contributed by atoms with Gasteiger partial charge in [-0.05, 0) is 30.5 Å². The monoisotopic (exact) mass is 334 g/mol. The second kappa shape index (κ2) is 6.45. The second-order valence-corrected chi connectivity index (χ2v) is 5.70. The van der Waals surface area contributed by atoms with Gasteiger partial charge in [0.25, 0.3) is 0 Å². The quantitative estimate of drug-likeness (QED) is 0.829. The van der Waals surface area contributed by atoms with Crippen LogP contribution in [-0.4, -0.2) is 41.7 Å². The SMILES string of the molecule is NC(CF)C(=O)N1CCC(O)(c2cccc(C(F)(F)F)c2)CC1. The van der Waals surface area contributed by atoms with Crippen molar-refractivity contribution in [2.45, 2.75) is 30.7 Å². The highest BCUT2D eigenvalue weighted by atomic mass is 19.4. The van der Waals surface area contributed by atoms with Gasteiger partial charge < -0.3 is 15.7 Å². The molecule has 128 valence electrons. The number of rotatable bonds is 3. The molecule has 1 amide bonds. The Bertz CT molecular complexity index is 569. The normalized spacial score (nSPS) is 19.5. The molecule has 1 fully saturated rings. The first-order valence-electron chi connectivity index (χ1n) is 7.18. The summed E-state index contributed by atoms with van der Waals surface area (Å²) >= 11 is 0. The van der Waals surface area contributed by atoms with Gasteiger partial charge in [0.15, 0.2) is 0 Å². The highest BCUT2D eigenvalue weighted by molar-refractivity contribution is 5.81. The second-order valence-electron chi connectivity index (χ2n) is 5.70. The summed E-state index contributed by atoms with van der Waals surface area (Å²) in [5, 5.41) is 10.6. The van der Waals surface area contributed by atoms with E-state index in [9.17, 15) is 27.5 Å². The van der Waals surface area contributed by atoms with E-state index in [1.54, 1.807) is 0 Å². The van der Waals surface area contributed by atoms with Gasteiger partial charge >= 0.3 is 6.18 Å². The number of carbonyl (C=O) groups excluding carboxylic acids is 1. The van der Waals surface area contributed by atoms with Crippen molar-refractivity contribution < 1.29 is 27.5 Å². The summed E-state index contributed by atoms with van der Waals surface area (Å²) in [4.78, 5) is 13.1. The Morgan fingerprint density at radius 3 is 2.48 bits per heavy atom. The predicted molar refractivity (Wildman–Crippen MR) is 75.1 cm³/mol. The maximum absolute atomic E-state index is 12.8. The maximum Gasteiger partial charge on any atom is 0.416 e. The van der Waals surface area contributed by atoms with Crippen LogP contribution in [0.1, 0.15) is 24.0 Å². The van der Waals surface area contributed by atoms with Gasteiger partial charge in [0.05, 0.1) is 11.2 Å². The van der Waals surface area contributed by atoms with Crippen molar-refractivity contribution in [1.29, 1.82) is 0 Å². The molecule has 0 saturated carbocycles. The molecule has 23 heavy (non-hydrogen) atoms. The van der Waals surface area contributed by atoms with Crippen LogP contribution in [0, 0.1) is 0 Å². The van der Waals surface area contributed by atoms with Crippen LogP contribution in [0.2, 0.25) is 0 Å². The molecule has 0 spiro atoms. The molecule has 0 bridgehead atoms. The van der Waals surface area contributed by atoms with Crippen molar-refractivity contribution in [1.82, 2.24) is 4.90 Å². The lowest BCUT2D eigenvalue weighted by Gasteiger charge is -2.39. The van der Waals surface area contributed by atoms with Crippen molar-refractivity contribution in [3.05, 3.63) is 35.4 Å². The molecule has 3 N–H and O–H groups in total. The lowest BCUT2D eigenvalue weighted by molar-refractivity contribution is -0.138. The van der Waals surface area contributed by atoms with E-state index in [-0.39, 0.29) is 31.5 Å². The third-order valence-corrected chi connectivity index (χ3v) is 4.11. The van der Waals surface area contributed by atoms with Crippen molar-refractivity contribution in [3.63, 3.8) is 0 Å². The number of aliphatic hydroxyl groups is 1. The van der Waals surface area contributed by atoms with Gasteiger partial charge in [0.2, 0.25) is 5.91 Å². The Labute approximate surface area is 130 Å². The first kappa shape index (κ1) is 17.7. The van der Waals surface area contributed by atoms with Crippen LogP contribution in [-0.2, 0) is 16.6 Å². The number of likely N-dealkylation sites (tertiary alicyclic amines) is 1. The van der Waals surface area contributed by atoms with E-state index in [0.29, 0.717) is 0 Å². The number of halogens is 4. The summed E-state index contributed by atoms with van der Waals surface area (Å²) in [7, 11) is 0. The van der Waals surface area contributed by atoms with Gasteiger partial charge in [-0.25, -0.2) is 4.39 Å². The van der Waals surface area contributed by atoms with Crippen molar-refractivity contribution in [3.8, 4) is 0 Å². The maximum atomic E-state index is 12.8. The fraction of sp³-hybridized carbons (Fsp3) is 0.533. The molecular formula is C15H18F4N2O2. The van der Waals surface area contributed by atoms with E-state index in [0.717, 1.165) is 12.1 Å². The lowest BCUT2D eigenvalue weighted by Crippen LogP contribution is -2.51. The van der Waals surface area contributed by atoms with Crippen LogP contribution in [0.15, 0.2) is 24.3 Å². The van der Waals surface area contributed by atoms with Crippen molar-refractivity contribution >= 4 is 5.91 Å². The average Bonchev–Trinajstić information content (AvgIpc) is 2.53. The highest BCUT2D eigenvalue weighted by Gasteiger charge is 2.38. The third-order valence-electron chi connectivity index (χ3n) is 4.11. The average molecular weight is 334 g/mol. The van der Waals surface area contributed by atoms with Gasteiger partial charge in [-0.15, -0.1) is 0 Å². The molecule has 1 aliphatic heterocycles. The molecule has 1 atom stereocenters. The number of carbonyl (C=O) groups is 1. The van der Waals surface area contributed by atoms with E-state index in [4.69, 9.17) is 5.73 Å². The number of amides is 1. The van der Waals surface area contributed by atoms with Gasteiger partial charge in [0.1, 0.15) is 12.7 Å². The molecular weight excluding hydrogens is 316 g/mol. The molecule has 1 unspecified atom stereocenters. The van der Waals surface area contributed by atoms with E-state index in [1.165, 1.54) is 17.0 Å². The van der Waals surface area contributed by atoms with Crippen molar-refractivity contribution in [2.24, 2.45) is 5.73 Å². The summed E-state index contributed by atoms with van der Waals surface area (Å²) < 4.78 is 50.8. The van der Waals surface area contributed by atoms with E-state index >= 15 is 0 Å². The van der Waals surface area contributed by atoms with Crippen LogP contribution in [0.25, 0.3) is 0 Å². The standard InChI is InChI=1S/C15H18F4N2O2/c16-9-12(20)13(22)21-6-4-14(23,5-7-21)10-2-1-3-11(8-10)15(17,18)19/h1-3,8,12,23H,4-7,9,20H2. The first-order valence-corrected chi connectivity index (χ1v) is 7.18. The van der Waals surface area contributed by atoms with Crippen LogP contribution in [0.4, 0.5) is 17.6 Å². The molecule has 0 aliphatic carbocycles. The predicted octanol–water partition coefficient (Wildman–Crippen LogP) is 1.81. The van der Waals surface area contributed by atoms with Gasteiger partial charge in [-0.2, -0.15) is 13.2 Å². The minimum atomic E-state index is -4.49. The van der Waals surface area contributed by atoms with Crippen LogP contribution < -0.4 is 5.73 Å². The summed E-state index contributed by atoms with van der Waals surface area (Å²) in [5.74, 6) is -0.557. The smallest absolute Gasteiger partial charge is 0.385 e. The third kappa shape index (κ3) is 3.81. The molecule has 2 rings (SSSR count). The Hall–Kier alpha value is -1.67. The molecule has 8 heteroatoms. The molecule has 1 saturated heterocycles. The van der Waals surface area contributed by atoms with Crippen LogP contribution in [0.5, 0.6) is 0 Å². The minimum absolute atomic E-state index is 0.0685. The number of hydrogen-bond acceptors (Lipinski definition) is 3. The molecule has 4 nitrogen and oxygen atoms in total. The van der Waals surface area contributed by atoms with E-state index in [2.05, 4.69) is 0 Å². The first-order chi connectivity index (χ1) is 10.7. The largest absolute Gasteiger partial charge is 0.416 e. The van der Waals surface area contributed by atoms with Gasteiger partial charge in [-0.1, -0.05) is 12.1 Å². The van der Waals surface area contributed by atoms with Gasteiger partial charge in [-0.3, -0.25) is 4.79 Å². The fourth-order valence-electron chi connectivity index (χ4n) is 2.67. The lowest BCUT2D eigenvalue weighted by atomic mass is 9.83. The molecule has 0 radical (unpaired) electrons. The number of alkyl halides is 4. The Morgan fingerprint density at radius 2 is 1.96 bits per heavy atom. The number of nitrogens with zero attached hydrogens (tertiary/aromatic N) is 1. The van der Waals surface area contributed by atoms with Gasteiger partial charge in [0, 0.05) is 13.1 Å². The Balaban J connectivity index is 2.12. The van der Waals surface area contributed by atoms with E-state index < -0.39 is 36.0 Å². The highest BCUT2D eigenvalue weighted by Crippen LogP contribution is 2.36. The fourth-order valence-corrected chi connectivity index (χ4v) is 2.67. The number of nitrogens with two attached hydrogens (primary N) is 1. The molecule has 0 aromatic heterocycles. The minimum Gasteiger partial charge on any atom is -0.385 e. The van der Waals surface area contributed by atoms with Crippen LogP contribution >= 0.6 is 0 Å². The van der Waals surface area contributed by atoms with Crippen LogP contribution in [0.3, 0.4) is 0 Å². The van der Waals surface area contributed by atoms with Crippen molar-refractivity contribution in [2.75, 3.05) is 19.8 Å². The summed E-state index contributed by atoms with van der Waals surface area (Å²) in [6, 6.07) is 3.29. The molecule has 1 aromatic rings.